The zero-order valence-corrected chi connectivity index (χ0v) is 11.5. The van der Waals surface area contributed by atoms with Crippen molar-refractivity contribution in [3.8, 4) is 0 Å². The third kappa shape index (κ3) is 7.76. The topological polar surface area (TPSA) is 46.2 Å². The summed E-state index contributed by atoms with van der Waals surface area (Å²) in [6.45, 7) is 6.40. The molecule has 0 aliphatic rings. The average molecular weight is 286 g/mol. The predicted molar refractivity (Wildman–Crippen MR) is 64.3 cm³/mol. The molecule has 86 valence electrons. The van der Waals surface area contributed by atoms with Gasteiger partial charge in [-0.3, -0.25) is 0 Å². The van der Waals surface area contributed by atoms with E-state index in [-0.39, 0.29) is 11.7 Å². The molecule has 0 saturated heterocycles. The number of hydrogen-bond acceptors (Lipinski definition) is 2. The van der Waals surface area contributed by atoms with Crippen LogP contribution in [0.2, 0.25) is 0 Å². The van der Waals surface area contributed by atoms with Crippen LogP contribution in [0.1, 0.15) is 33.6 Å². The lowest BCUT2D eigenvalue weighted by atomic mass is 10.2. The summed E-state index contributed by atoms with van der Waals surface area (Å²) in [4.78, 5) is 0.407. The molecule has 5 heteroatoms. The molecule has 1 atom stereocenters. The Balaban J connectivity index is 3.77. The lowest BCUT2D eigenvalue weighted by Gasteiger charge is -2.10. The summed E-state index contributed by atoms with van der Waals surface area (Å²) in [5.74, 6) is 0.393. The lowest BCUT2D eigenvalue weighted by molar-refractivity contribution is 0.564. The van der Waals surface area contributed by atoms with E-state index in [9.17, 15) is 8.42 Å². The highest BCUT2D eigenvalue weighted by Gasteiger charge is 2.12. The molecule has 14 heavy (non-hydrogen) atoms. The van der Waals surface area contributed by atoms with Crippen molar-refractivity contribution >= 4 is 26.0 Å². The van der Waals surface area contributed by atoms with E-state index in [0.717, 1.165) is 12.8 Å². The minimum absolute atomic E-state index is 0.179. The number of nitrogens with one attached hydrogen (secondary N) is 1. The second-order valence-electron chi connectivity index (χ2n) is 3.86. The summed E-state index contributed by atoms with van der Waals surface area (Å²) in [7, 11) is -3.06. The summed E-state index contributed by atoms with van der Waals surface area (Å²) < 4.78 is 25.4. The first-order valence-corrected chi connectivity index (χ1v) is 7.55. The van der Waals surface area contributed by atoms with Gasteiger partial charge in [0.05, 0.1) is 5.75 Å². The molecule has 0 heterocycles. The fourth-order valence-electron chi connectivity index (χ4n) is 1.07. The number of rotatable bonds is 7. The van der Waals surface area contributed by atoms with Crippen LogP contribution in [-0.2, 0) is 10.0 Å². The highest BCUT2D eigenvalue weighted by atomic mass is 79.9. The van der Waals surface area contributed by atoms with Gasteiger partial charge in [0, 0.05) is 11.4 Å². The minimum Gasteiger partial charge on any atom is -0.215 e. The van der Waals surface area contributed by atoms with Crippen LogP contribution in [0.5, 0.6) is 0 Å². The first-order chi connectivity index (χ1) is 6.37. The Morgan fingerprint density at radius 2 is 1.93 bits per heavy atom. The summed E-state index contributed by atoms with van der Waals surface area (Å²) >= 11 is 3.46. The van der Waals surface area contributed by atoms with E-state index in [0.29, 0.717) is 11.4 Å². The molecule has 0 rings (SSSR count). The van der Waals surface area contributed by atoms with E-state index in [2.05, 4.69) is 27.6 Å². The normalized spacial score (nSPS) is 14.6. The molecule has 0 amide bonds. The Morgan fingerprint density at radius 3 is 2.36 bits per heavy atom. The number of hydrogen-bond donors (Lipinski definition) is 1. The molecular formula is C9H20BrNO2S. The predicted octanol–water partition coefficient (Wildman–Crippen LogP) is 2.13. The van der Waals surface area contributed by atoms with Gasteiger partial charge in [-0.1, -0.05) is 36.7 Å². The smallest absolute Gasteiger partial charge is 0.211 e. The van der Waals surface area contributed by atoms with Crippen LogP contribution >= 0.6 is 15.9 Å². The molecule has 0 aromatic rings. The van der Waals surface area contributed by atoms with Gasteiger partial charge in [0.1, 0.15) is 0 Å². The maximum Gasteiger partial charge on any atom is 0.211 e. The Bertz CT molecular complexity index is 239. The molecule has 0 fully saturated rings. The zero-order valence-electron chi connectivity index (χ0n) is 9.09. The summed E-state index contributed by atoms with van der Waals surface area (Å²) in [5.41, 5.74) is 0. The number of sulfonamides is 1. The number of alkyl halides is 1. The lowest BCUT2D eigenvalue weighted by Crippen LogP contribution is -2.30. The average Bonchev–Trinajstić information content (AvgIpc) is 2.01. The van der Waals surface area contributed by atoms with Crippen LogP contribution in [-0.4, -0.2) is 25.5 Å². The molecule has 0 spiro atoms. The van der Waals surface area contributed by atoms with Crippen molar-refractivity contribution in [1.29, 1.82) is 0 Å². The Hall–Kier alpha value is 0.390. The van der Waals surface area contributed by atoms with E-state index in [1.54, 1.807) is 0 Å². The maximum absolute atomic E-state index is 11.4. The van der Waals surface area contributed by atoms with Gasteiger partial charge in [0.25, 0.3) is 0 Å². The highest BCUT2D eigenvalue weighted by molar-refractivity contribution is 9.09. The third-order valence-electron chi connectivity index (χ3n) is 1.78. The van der Waals surface area contributed by atoms with Crippen molar-refractivity contribution in [3.63, 3.8) is 0 Å². The fourth-order valence-corrected chi connectivity index (χ4v) is 2.73. The molecule has 0 aliphatic carbocycles. The Kier molecular flexibility index (Phi) is 6.99. The minimum atomic E-state index is -3.06. The van der Waals surface area contributed by atoms with Crippen LogP contribution in [0.15, 0.2) is 0 Å². The van der Waals surface area contributed by atoms with E-state index in [4.69, 9.17) is 0 Å². The van der Waals surface area contributed by atoms with Gasteiger partial charge < -0.3 is 0 Å². The van der Waals surface area contributed by atoms with Gasteiger partial charge in [-0.2, -0.15) is 0 Å². The van der Waals surface area contributed by atoms with Crippen LogP contribution < -0.4 is 4.72 Å². The van der Waals surface area contributed by atoms with E-state index in [1.807, 2.05) is 13.8 Å². The molecular weight excluding hydrogens is 266 g/mol. The van der Waals surface area contributed by atoms with Crippen molar-refractivity contribution in [2.75, 3.05) is 12.3 Å². The standard InChI is InChI=1S/C9H20BrNO2S/c1-4-9(10)5-6-11-14(12,13)7-8(2)3/h8-9,11H,4-7H2,1-3H3. The second-order valence-corrected chi connectivity index (χ2v) is 7.01. The molecule has 3 nitrogen and oxygen atoms in total. The molecule has 0 aliphatic heterocycles. The van der Waals surface area contributed by atoms with Gasteiger partial charge in [0.15, 0.2) is 0 Å². The molecule has 0 bridgehead atoms. The van der Waals surface area contributed by atoms with E-state index in [1.165, 1.54) is 0 Å². The Morgan fingerprint density at radius 1 is 1.36 bits per heavy atom. The zero-order chi connectivity index (χ0) is 11.2. The van der Waals surface area contributed by atoms with Crippen molar-refractivity contribution in [1.82, 2.24) is 4.72 Å². The second kappa shape index (κ2) is 6.80. The van der Waals surface area contributed by atoms with Crippen molar-refractivity contribution in [2.24, 2.45) is 5.92 Å². The maximum atomic E-state index is 11.4. The third-order valence-corrected chi connectivity index (χ3v) is 4.63. The molecule has 0 aromatic carbocycles. The van der Waals surface area contributed by atoms with Crippen LogP contribution in [0, 0.1) is 5.92 Å². The summed E-state index contributed by atoms with van der Waals surface area (Å²) in [6.07, 6.45) is 1.86. The van der Waals surface area contributed by atoms with Crippen molar-refractivity contribution < 1.29 is 8.42 Å². The van der Waals surface area contributed by atoms with Gasteiger partial charge in [-0.15, -0.1) is 0 Å². The van der Waals surface area contributed by atoms with Crippen molar-refractivity contribution in [3.05, 3.63) is 0 Å². The molecule has 0 aromatic heterocycles. The number of halogens is 1. The SMILES string of the molecule is CCC(Br)CCNS(=O)(=O)CC(C)C. The first-order valence-electron chi connectivity index (χ1n) is 4.98. The first kappa shape index (κ1) is 14.4. The fraction of sp³-hybridized carbons (Fsp3) is 1.00. The van der Waals surface area contributed by atoms with Gasteiger partial charge >= 0.3 is 0 Å². The van der Waals surface area contributed by atoms with Crippen LogP contribution in [0.3, 0.4) is 0 Å². The molecule has 1 N–H and O–H groups in total. The van der Waals surface area contributed by atoms with Gasteiger partial charge in [-0.05, 0) is 18.8 Å². The van der Waals surface area contributed by atoms with E-state index >= 15 is 0 Å². The van der Waals surface area contributed by atoms with Crippen molar-refractivity contribution in [2.45, 2.75) is 38.4 Å². The monoisotopic (exact) mass is 285 g/mol. The highest BCUT2D eigenvalue weighted by Crippen LogP contribution is 2.08. The largest absolute Gasteiger partial charge is 0.215 e. The quantitative estimate of drug-likeness (QED) is 0.729. The van der Waals surface area contributed by atoms with Gasteiger partial charge in [0.2, 0.25) is 10.0 Å². The van der Waals surface area contributed by atoms with E-state index < -0.39 is 10.0 Å². The van der Waals surface area contributed by atoms with Gasteiger partial charge in [-0.25, -0.2) is 13.1 Å². The Labute approximate surface area is 95.8 Å². The molecule has 1 unspecified atom stereocenters. The molecule has 0 saturated carbocycles. The summed E-state index contributed by atoms with van der Waals surface area (Å²) in [5, 5.41) is 0. The van der Waals surface area contributed by atoms with Crippen LogP contribution in [0.4, 0.5) is 0 Å². The van der Waals surface area contributed by atoms with Crippen LogP contribution in [0.25, 0.3) is 0 Å². The molecule has 0 radical (unpaired) electrons. The summed E-state index contributed by atoms with van der Waals surface area (Å²) in [6, 6.07) is 0.